The van der Waals surface area contributed by atoms with Crippen LogP contribution < -0.4 is 16.1 Å². The first kappa shape index (κ1) is 23.0. The lowest BCUT2D eigenvalue weighted by molar-refractivity contribution is 0.0951. The van der Waals surface area contributed by atoms with E-state index >= 15 is 0 Å². The number of carbonyl (C=O) groups excluding carboxylic acids is 1. The second kappa shape index (κ2) is 9.46. The van der Waals surface area contributed by atoms with Gasteiger partial charge in [0.25, 0.3) is 5.91 Å². The van der Waals surface area contributed by atoms with Gasteiger partial charge in [0.15, 0.2) is 5.65 Å². The number of likely N-dealkylation sites (tertiary alicyclic amines) is 1. The van der Waals surface area contributed by atoms with Crippen LogP contribution in [0.5, 0.6) is 0 Å². The number of aliphatic hydroxyl groups excluding tert-OH is 1. The summed E-state index contributed by atoms with van der Waals surface area (Å²) in [6.45, 7) is 1.76. The van der Waals surface area contributed by atoms with E-state index in [1.807, 2.05) is 6.07 Å². The molecule has 1 atom stereocenters. The maximum absolute atomic E-state index is 13.5. The van der Waals surface area contributed by atoms with Crippen molar-refractivity contribution in [3.8, 4) is 0 Å². The molecule has 0 saturated carbocycles. The zero-order valence-electron chi connectivity index (χ0n) is 18.7. The molecule has 0 radical (unpaired) electrons. The summed E-state index contributed by atoms with van der Waals surface area (Å²) in [5.74, 6) is -0.112. The van der Waals surface area contributed by atoms with Crippen molar-refractivity contribution in [1.82, 2.24) is 24.6 Å². The smallest absolute Gasteiger partial charge is 0.258 e. The third-order valence-corrected chi connectivity index (χ3v) is 7.67. The SMILES string of the molecule is CN1CCCC1CCNC(=O)c1c(=O)c2cnc(NCCO)nc2n2c1sc1ccc(Cl)cc12. The van der Waals surface area contributed by atoms with Crippen LogP contribution in [0.3, 0.4) is 0 Å². The van der Waals surface area contributed by atoms with Gasteiger partial charge in [0.1, 0.15) is 10.4 Å². The molecule has 0 spiro atoms. The molecule has 0 bridgehead atoms. The number of thiazole rings is 1. The number of anilines is 1. The second-order valence-electron chi connectivity index (χ2n) is 8.46. The van der Waals surface area contributed by atoms with E-state index in [4.69, 9.17) is 16.7 Å². The summed E-state index contributed by atoms with van der Waals surface area (Å²) in [4.78, 5) is 38.3. The minimum atomic E-state index is -0.406. The molecule has 11 heteroatoms. The van der Waals surface area contributed by atoms with Crippen molar-refractivity contribution in [2.24, 2.45) is 0 Å². The van der Waals surface area contributed by atoms with E-state index in [2.05, 4.69) is 32.5 Å². The minimum Gasteiger partial charge on any atom is -0.395 e. The maximum atomic E-state index is 13.5. The van der Waals surface area contributed by atoms with Crippen LogP contribution >= 0.6 is 22.9 Å². The van der Waals surface area contributed by atoms with E-state index in [1.165, 1.54) is 24.0 Å². The molecule has 3 N–H and O–H groups in total. The number of aromatic nitrogens is 3. The Morgan fingerprint density at radius 2 is 2.21 bits per heavy atom. The Balaban J connectivity index is 1.62. The van der Waals surface area contributed by atoms with Gasteiger partial charge >= 0.3 is 0 Å². The lowest BCUT2D eigenvalue weighted by atomic mass is 10.1. The normalized spacial score (nSPS) is 16.6. The van der Waals surface area contributed by atoms with Gasteiger partial charge in [-0.1, -0.05) is 11.6 Å². The first-order valence-electron chi connectivity index (χ1n) is 11.2. The fourth-order valence-electron chi connectivity index (χ4n) is 4.56. The highest BCUT2D eigenvalue weighted by Crippen LogP contribution is 2.32. The number of amides is 1. The monoisotopic (exact) mass is 500 g/mol. The van der Waals surface area contributed by atoms with Crippen LogP contribution in [0.1, 0.15) is 29.6 Å². The van der Waals surface area contributed by atoms with Crippen LogP contribution in [-0.2, 0) is 0 Å². The minimum absolute atomic E-state index is 0.0799. The molecule has 9 nitrogen and oxygen atoms in total. The van der Waals surface area contributed by atoms with Crippen LogP contribution in [0.25, 0.3) is 26.1 Å². The number of nitrogens with zero attached hydrogens (tertiary/aromatic N) is 4. The number of benzene rings is 1. The van der Waals surface area contributed by atoms with Crippen molar-refractivity contribution in [2.45, 2.75) is 25.3 Å². The van der Waals surface area contributed by atoms with E-state index in [0.717, 1.165) is 29.6 Å². The summed E-state index contributed by atoms with van der Waals surface area (Å²) >= 11 is 7.63. The summed E-state index contributed by atoms with van der Waals surface area (Å²) in [5.41, 5.74) is 0.820. The van der Waals surface area contributed by atoms with Gasteiger partial charge in [0.2, 0.25) is 11.4 Å². The number of nitrogens with one attached hydrogen (secondary N) is 2. The maximum Gasteiger partial charge on any atom is 0.258 e. The van der Waals surface area contributed by atoms with Crippen LogP contribution in [0, 0.1) is 0 Å². The van der Waals surface area contributed by atoms with Crippen LogP contribution in [0.4, 0.5) is 5.95 Å². The highest BCUT2D eigenvalue weighted by Gasteiger charge is 2.24. The zero-order chi connectivity index (χ0) is 23.8. The predicted octanol–water partition coefficient (Wildman–Crippen LogP) is 2.73. The molecule has 3 aromatic heterocycles. The van der Waals surface area contributed by atoms with Crippen molar-refractivity contribution >= 4 is 60.9 Å². The van der Waals surface area contributed by atoms with Crippen molar-refractivity contribution in [3.63, 3.8) is 0 Å². The molecule has 1 fully saturated rings. The Morgan fingerprint density at radius 1 is 1.35 bits per heavy atom. The van der Waals surface area contributed by atoms with Crippen molar-refractivity contribution in [3.05, 3.63) is 45.2 Å². The molecule has 1 aromatic carbocycles. The lowest BCUT2D eigenvalue weighted by Gasteiger charge is -2.19. The fourth-order valence-corrected chi connectivity index (χ4v) is 5.89. The number of rotatable bonds is 7. The highest BCUT2D eigenvalue weighted by atomic mass is 35.5. The van der Waals surface area contributed by atoms with Gasteiger partial charge < -0.3 is 20.6 Å². The van der Waals surface area contributed by atoms with E-state index in [9.17, 15) is 9.59 Å². The topological polar surface area (TPSA) is 112 Å². The summed E-state index contributed by atoms with van der Waals surface area (Å²) in [6, 6.07) is 5.89. The summed E-state index contributed by atoms with van der Waals surface area (Å²) in [7, 11) is 2.10. The van der Waals surface area contributed by atoms with Crippen molar-refractivity contribution in [2.75, 3.05) is 38.6 Å². The van der Waals surface area contributed by atoms with Crippen molar-refractivity contribution in [1.29, 1.82) is 0 Å². The standard InChI is InChI=1S/C23H25ClN6O3S/c1-29-9-2-3-14(29)6-7-25-21(33)18-19(32)15-12-27-23(26-8-10-31)28-20(15)30-16-11-13(24)4-5-17(16)34-22(18)30/h4-5,11-12,14,31H,2-3,6-10H2,1H3,(H,25,33)(H,26,27,28). The number of fused-ring (bicyclic) bond motifs is 5. The Labute approximate surface area is 204 Å². The van der Waals surface area contributed by atoms with Crippen LogP contribution in [0.15, 0.2) is 29.2 Å². The molecule has 1 aliphatic heterocycles. The Bertz CT molecular complexity index is 1450. The number of halogens is 1. The van der Waals surface area contributed by atoms with E-state index in [1.54, 1.807) is 16.5 Å². The first-order valence-corrected chi connectivity index (χ1v) is 12.4. The second-order valence-corrected chi connectivity index (χ2v) is 9.93. The highest BCUT2D eigenvalue weighted by molar-refractivity contribution is 7.24. The molecule has 34 heavy (non-hydrogen) atoms. The molecule has 1 unspecified atom stereocenters. The Morgan fingerprint density at radius 3 is 2.97 bits per heavy atom. The quantitative estimate of drug-likeness (QED) is 0.357. The van der Waals surface area contributed by atoms with E-state index < -0.39 is 11.3 Å². The van der Waals surface area contributed by atoms with Crippen LogP contribution in [-0.4, -0.2) is 69.6 Å². The average Bonchev–Trinajstić information content (AvgIpc) is 3.40. The Hall–Kier alpha value is -2.79. The molecule has 1 aliphatic rings. The number of carbonyl (C=O) groups is 1. The van der Waals surface area contributed by atoms with Crippen LogP contribution in [0.2, 0.25) is 5.02 Å². The largest absolute Gasteiger partial charge is 0.395 e. The van der Waals surface area contributed by atoms with Gasteiger partial charge in [-0.15, -0.1) is 11.3 Å². The molecular weight excluding hydrogens is 476 g/mol. The molecule has 4 aromatic rings. The first-order chi connectivity index (χ1) is 16.5. The molecular formula is C23H25ClN6O3S. The van der Waals surface area contributed by atoms with Gasteiger partial charge in [0, 0.05) is 30.4 Å². The number of aliphatic hydroxyl groups is 1. The number of hydrogen-bond donors (Lipinski definition) is 3. The average molecular weight is 501 g/mol. The third kappa shape index (κ3) is 4.11. The molecule has 0 aliphatic carbocycles. The van der Waals surface area contributed by atoms with Gasteiger partial charge in [-0.3, -0.25) is 14.0 Å². The summed E-state index contributed by atoms with van der Waals surface area (Å²) < 4.78 is 2.68. The summed E-state index contributed by atoms with van der Waals surface area (Å²) in [5, 5.41) is 15.8. The van der Waals surface area contributed by atoms with Gasteiger partial charge in [-0.2, -0.15) is 4.98 Å². The molecule has 5 rings (SSSR count). The van der Waals surface area contributed by atoms with Gasteiger partial charge in [-0.25, -0.2) is 4.98 Å². The van der Waals surface area contributed by atoms with E-state index in [-0.39, 0.29) is 30.0 Å². The lowest BCUT2D eigenvalue weighted by Crippen LogP contribution is -2.34. The molecule has 178 valence electrons. The van der Waals surface area contributed by atoms with E-state index in [0.29, 0.717) is 28.1 Å². The zero-order valence-corrected chi connectivity index (χ0v) is 20.2. The molecule has 4 heterocycles. The number of hydrogen-bond acceptors (Lipinski definition) is 8. The third-order valence-electron chi connectivity index (χ3n) is 6.29. The van der Waals surface area contributed by atoms with Gasteiger partial charge in [0.05, 0.1) is 22.2 Å². The molecule has 1 saturated heterocycles. The molecule has 1 amide bonds. The number of pyridine rings is 1. The summed E-state index contributed by atoms with van der Waals surface area (Å²) in [6.07, 6.45) is 4.55. The Kier molecular flexibility index (Phi) is 6.39. The van der Waals surface area contributed by atoms with Gasteiger partial charge in [-0.05, 0) is 51.1 Å². The van der Waals surface area contributed by atoms with Crippen molar-refractivity contribution < 1.29 is 9.90 Å². The fraction of sp³-hybridized carbons (Fsp3) is 0.391. The predicted molar refractivity (Wildman–Crippen MR) is 135 cm³/mol.